The normalized spacial score (nSPS) is 28.8. The SMILES string of the molecule is CC(C)(C)OC(=O)NCCN1C[C@@H]2C[C@@H]3CN(C(=O)N3OS(=O)(=O)ON3C(=O)N4C[C@H]3C[C@H]3CN(CCNC(=O)OC(C)(C)C)C(=O)[C@H]34)[C@@H]2C1=O. The molecule has 6 atom stereocenters. The molecule has 0 unspecified atom stereocenters. The van der Waals surface area contributed by atoms with Crippen LogP contribution in [0.15, 0.2) is 0 Å². The van der Waals surface area contributed by atoms with Crippen molar-refractivity contribution in [2.24, 2.45) is 11.8 Å². The second-order valence-electron chi connectivity index (χ2n) is 15.7. The van der Waals surface area contributed by atoms with Crippen molar-refractivity contribution in [2.75, 3.05) is 52.4 Å². The van der Waals surface area contributed by atoms with Gasteiger partial charge in [0, 0.05) is 64.2 Å². The molecule has 2 N–H and O–H groups in total. The molecule has 6 aliphatic rings. The topological polar surface area (TPSA) is 217 Å². The summed E-state index contributed by atoms with van der Waals surface area (Å²) >= 11 is 0. The fourth-order valence-electron chi connectivity index (χ4n) is 7.75. The fraction of sp³-hybridized carbons (Fsp3) is 0.800. The lowest BCUT2D eigenvalue weighted by Gasteiger charge is -2.30. The van der Waals surface area contributed by atoms with E-state index in [0.717, 1.165) is 0 Å². The molecule has 6 heterocycles. The first-order valence-corrected chi connectivity index (χ1v) is 18.4. The summed E-state index contributed by atoms with van der Waals surface area (Å²) in [5, 5.41) is 6.59. The minimum absolute atomic E-state index is 0.0551. The Balaban J connectivity index is 1.000. The molecule has 6 fully saturated rings. The number of likely N-dealkylation sites (tertiary alicyclic amines) is 2. The number of carbonyl (C=O) groups excluding carboxylic acids is 6. The highest BCUT2D eigenvalue weighted by molar-refractivity contribution is 7.81. The van der Waals surface area contributed by atoms with Gasteiger partial charge in [0.15, 0.2) is 0 Å². The Bertz CT molecular complexity index is 1470. The van der Waals surface area contributed by atoms with Crippen molar-refractivity contribution in [1.82, 2.24) is 40.4 Å². The monoisotopic (exact) mass is 742 g/mol. The van der Waals surface area contributed by atoms with Crippen LogP contribution < -0.4 is 10.6 Å². The van der Waals surface area contributed by atoms with E-state index in [-0.39, 0.29) is 75.8 Å². The van der Waals surface area contributed by atoms with Crippen LogP contribution in [-0.4, -0.2) is 162 Å². The molecular formula is C30H46N8O12S. The zero-order chi connectivity index (χ0) is 37.2. The third-order valence-corrected chi connectivity index (χ3v) is 10.2. The maximum atomic E-state index is 13.4. The summed E-state index contributed by atoms with van der Waals surface area (Å²) in [5.41, 5.74) is -1.34. The number of amides is 8. The number of nitrogens with zero attached hydrogens (tertiary/aromatic N) is 6. The summed E-state index contributed by atoms with van der Waals surface area (Å²) in [6.07, 6.45) is -0.667. The van der Waals surface area contributed by atoms with Crippen LogP contribution in [-0.2, 0) is 38.0 Å². The van der Waals surface area contributed by atoms with Gasteiger partial charge in [-0.15, -0.1) is 8.57 Å². The van der Waals surface area contributed by atoms with Gasteiger partial charge >= 0.3 is 34.6 Å². The molecule has 0 saturated carbocycles. The van der Waals surface area contributed by atoms with Gasteiger partial charge in [0.1, 0.15) is 23.3 Å². The third-order valence-electron chi connectivity index (χ3n) is 9.54. The number of rotatable bonds is 10. The molecule has 0 aromatic rings. The predicted molar refractivity (Wildman–Crippen MR) is 172 cm³/mol. The Hall–Kier alpha value is -4.11. The van der Waals surface area contributed by atoms with Crippen molar-refractivity contribution in [2.45, 2.75) is 89.8 Å². The van der Waals surface area contributed by atoms with Crippen LogP contribution in [0.2, 0.25) is 0 Å². The second-order valence-corrected chi connectivity index (χ2v) is 16.8. The number of ether oxygens (including phenoxy) is 2. The van der Waals surface area contributed by atoms with Gasteiger partial charge < -0.3 is 39.7 Å². The van der Waals surface area contributed by atoms with Crippen LogP contribution in [0.1, 0.15) is 54.4 Å². The molecule has 0 spiro atoms. The minimum atomic E-state index is -4.99. The molecule has 6 aliphatic heterocycles. The number of fused-ring (bicyclic) bond motifs is 8. The number of nitrogens with one attached hydrogen (secondary N) is 2. The largest absolute Gasteiger partial charge is 0.444 e. The third kappa shape index (κ3) is 7.59. The highest BCUT2D eigenvalue weighted by atomic mass is 32.3. The number of piperidine rings is 2. The molecule has 0 aliphatic carbocycles. The van der Waals surface area contributed by atoms with Crippen LogP contribution >= 0.6 is 0 Å². The van der Waals surface area contributed by atoms with Crippen LogP contribution in [0.3, 0.4) is 0 Å². The smallest absolute Gasteiger partial charge is 0.442 e. The summed E-state index contributed by atoms with van der Waals surface area (Å²) in [4.78, 5) is 82.9. The highest BCUT2D eigenvalue weighted by Crippen LogP contribution is 2.41. The molecule has 0 aromatic heterocycles. The van der Waals surface area contributed by atoms with Crippen LogP contribution in [0.5, 0.6) is 0 Å². The molecule has 0 aromatic carbocycles. The van der Waals surface area contributed by atoms with Gasteiger partial charge in [-0.05, 0) is 54.4 Å². The van der Waals surface area contributed by atoms with Gasteiger partial charge in [-0.25, -0.2) is 19.2 Å². The maximum Gasteiger partial charge on any atom is 0.442 e. The Morgan fingerprint density at radius 2 is 1.04 bits per heavy atom. The number of hydrogen-bond acceptors (Lipinski definition) is 12. The molecule has 21 heteroatoms. The molecule has 284 valence electrons. The molecule has 51 heavy (non-hydrogen) atoms. The van der Waals surface area contributed by atoms with E-state index in [1.54, 1.807) is 51.3 Å². The first kappa shape index (κ1) is 36.7. The lowest BCUT2D eigenvalue weighted by molar-refractivity contribution is -0.132. The zero-order valence-corrected chi connectivity index (χ0v) is 30.3. The van der Waals surface area contributed by atoms with E-state index in [9.17, 15) is 37.2 Å². The summed E-state index contributed by atoms with van der Waals surface area (Å²) in [5.74, 6) is -1.23. The Kier molecular flexibility index (Phi) is 9.45. The average Bonchev–Trinajstić information content (AvgIpc) is 3.64. The van der Waals surface area contributed by atoms with E-state index in [1.165, 1.54) is 9.80 Å². The van der Waals surface area contributed by atoms with Gasteiger partial charge in [-0.2, -0.15) is 18.5 Å². The molecule has 8 amide bonds. The first-order chi connectivity index (χ1) is 23.7. The number of carbonyl (C=O) groups is 6. The quantitative estimate of drug-likeness (QED) is 0.298. The van der Waals surface area contributed by atoms with Gasteiger partial charge in [0.2, 0.25) is 11.8 Å². The van der Waals surface area contributed by atoms with Gasteiger partial charge in [0.05, 0.1) is 12.1 Å². The summed E-state index contributed by atoms with van der Waals surface area (Å²) in [6, 6.07) is -4.67. The Morgan fingerprint density at radius 1 is 0.667 bits per heavy atom. The van der Waals surface area contributed by atoms with E-state index in [2.05, 4.69) is 10.6 Å². The Labute approximate surface area is 295 Å². The molecule has 4 bridgehead atoms. The second kappa shape index (κ2) is 13.1. The number of urea groups is 2. The van der Waals surface area contributed by atoms with Crippen LogP contribution in [0.4, 0.5) is 19.2 Å². The van der Waals surface area contributed by atoms with E-state index in [4.69, 9.17) is 18.0 Å². The van der Waals surface area contributed by atoms with E-state index in [1.807, 2.05) is 0 Å². The van der Waals surface area contributed by atoms with Crippen molar-refractivity contribution in [1.29, 1.82) is 0 Å². The van der Waals surface area contributed by atoms with Crippen LogP contribution in [0, 0.1) is 11.8 Å². The standard InChI is InChI=1S/C30H46N8O12S/c1-29(2,3)47-25(41)31-7-9-33-13-17-11-19-15-35(21(17)23(33)39)27(43)37(19)49-51(45,46)50-38-20-12-18-14-34(10-8-32-26(42)48-30(4,5)6)24(40)22(18)36(16-20)28(38)44/h17-22H,7-16H2,1-6H3,(H,31,41)(H,32,42)/t17-,18-,19+,20+,21-,22-/m0/s1. The van der Waals surface area contributed by atoms with Gasteiger partial charge in [-0.1, -0.05) is 0 Å². The molecule has 6 saturated heterocycles. The average molecular weight is 743 g/mol. The lowest BCUT2D eigenvalue weighted by Crippen LogP contribution is -2.48. The zero-order valence-electron chi connectivity index (χ0n) is 29.5. The van der Waals surface area contributed by atoms with Crippen molar-refractivity contribution in [3.63, 3.8) is 0 Å². The lowest BCUT2D eigenvalue weighted by atomic mass is 9.91. The summed E-state index contributed by atoms with van der Waals surface area (Å²) in [7, 11) is -4.99. The molecule has 6 rings (SSSR count). The van der Waals surface area contributed by atoms with Crippen molar-refractivity contribution >= 4 is 46.5 Å². The molecule has 20 nitrogen and oxygen atoms in total. The number of hydroxylamine groups is 4. The summed E-state index contributed by atoms with van der Waals surface area (Å²) in [6.45, 7) is 11.8. The van der Waals surface area contributed by atoms with Gasteiger partial charge in [-0.3, -0.25) is 9.59 Å². The van der Waals surface area contributed by atoms with Crippen LogP contribution in [0.25, 0.3) is 0 Å². The fourth-order valence-corrected chi connectivity index (χ4v) is 8.54. The van der Waals surface area contributed by atoms with Crippen molar-refractivity contribution < 1.29 is 55.2 Å². The minimum Gasteiger partial charge on any atom is -0.444 e. The van der Waals surface area contributed by atoms with E-state index < -0.39 is 70.0 Å². The van der Waals surface area contributed by atoms with E-state index >= 15 is 0 Å². The van der Waals surface area contributed by atoms with E-state index in [0.29, 0.717) is 23.2 Å². The first-order valence-electron chi connectivity index (χ1n) is 17.1. The Morgan fingerprint density at radius 3 is 1.39 bits per heavy atom. The number of alkyl carbamates (subject to hydrolysis) is 2. The molecular weight excluding hydrogens is 696 g/mol. The maximum absolute atomic E-state index is 13.4. The summed E-state index contributed by atoms with van der Waals surface area (Å²) < 4.78 is 47.0. The number of hydrogen-bond donors (Lipinski definition) is 2. The van der Waals surface area contributed by atoms with Gasteiger partial charge in [0.25, 0.3) is 0 Å². The molecule has 0 radical (unpaired) electrons. The highest BCUT2D eigenvalue weighted by Gasteiger charge is 2.59. The predicted octanol–water partition coefficient (Wildman–Crippen LogP) is -0.182. The van der Waals surface area contributed by atoms with Crippen molar-refractivity contribution in [3.05, 3.63) is 0 Å². The van der Waals surface area contributed by atoms with Crippen molar-refractivity contribution in [3.8, 4) is 0 Å².